The molecule has 2 aliphatic carbocycles. The molecule has 12 nitrogen and oxygen atoms in total. The van der Waals surface area contributed by atoms with E-state index in [4.69, 9.17) is 9.47 Å². The first kappa shape index (κ1) is 39.8. The van der Waals surface area contributed by atoms with Gasteiger partial charge in [-0.1, -0.05) is 58.9 Å². The molecule has 1 aromatic carbocycles. The minimum Gasteiger partial charge on any atom is -0.479 e. The van der Waals surface area contributed by atoms with Gasteiger partial charge in [0, 0.05) is 31.6 Å². The molecule has 0 spiro atoms. The number of nitrogens with one attached hydrogen (secondary N) is 1. The van der Waals surface area contributed by atoms with Crippen molar-refractivity contribution in [3.8, 4) is 11.8 Å². The molecule has 2 amide bonds. The SMILES string of the molecule is COc1nnc(O[C@@H]2C[C@H]3C(=O)C[C@]4(C(=O)NS(=O)(=O)C5(C)CC5)C[C@H]4/C=C\CC[C@H](C)C[C@@H](C)[C@H](CC(=O)CC(C)(C)C)C(=O)N3C2)c2ccccc12. The molecule has 1 N–H and O–H groups in total. The second-order valence-electron chi connectivity index (χ2n) is 17.9. The van der Waals surface area contributed by atoms with Gasteiger partial charge in [-0.15, -0.1) is 10.2 Å². The van der Waals surface area contributed by atoms with Gasteiger partial charge in [0.2, 0.25) is 33.6 Å². The number of aromatic nitrogens is 2. The van der Waals surface area contributed by atoms with Crippen molar-refractivity contribution in [3.63, 3.8) is 0 Å². The minimum atomic E-state index is -3.94. The third-order valence-electron chi connectivity index (χ3n) is 12.1. The maximum absolute atomic E-state index is 14.9. The van der Waals surface area contributed by atoms with Crippen LogP contribution in [0.4, 0.5) is 0 Å². The maximum atomic E-state index is 14.9. The Morgan fingerprint density at radius 3 is 2.35 bits per heavy atom. The largest absolute Gasteiger partial charge is 0.479 e. The van der Waals surface area contributed by atoms with Crippen molar-refractivity contribution < 1.29 is 37.1 Å². The standard InChI is InChI=1S/C41H56N4O8S/c1-25-12-8-9-13-27-21-41(27,38(49)44-54(50,51)40(6)16-17-40)23-34(47)33-20-29(53-36-31-15-11-10-14-30(31)35(52-7)42-43-36)24-45(33)37(48)32(26(2)18-25)19-28(46)22-39(3,4)5/h9-11,13-15,25-27,29,32-33H,8,12,16-24H2,1-7H3,(H,44,49)/b13-9-/t25-,26+,27+,29+,32-,33-,41+/m0/s1. The van der Waals surface area contributed by atoms with Gasteiger partial charge in [0.05, 0.1) is 40.6 Å². The Balaban J connectivity index is 1.35. The second-order valence-corrected chi connectivity index (χ2v) is 20.1. The normalized spacial score (nSPS) is 30.7. The number of allylic oxidation sites excluding steroid dienone is 2. The summed E-state index contributed by atoms with van der Waals surface area (Å²) in [7, 11) is -2.43. The number of hydrogen-bond donors (Lipinski definition) is 1. The molecular formula is C41H56N4O8S. The average Bonchev–Trinajstić information content (AvgIpc) is 3.98. The molecule has 3 heterocycles. The van der Waals surface area contributed by atoms with Gasteiger partial charge in [0.15, 0.2) is 5.78 Å². The fraction of sp³-hybridized carbons (Fsp3) is 0.659. The number of ketones is 2. The highest BCUT2D eigenvalue weighted by molar-refractivity contribution is 7.91. The van der Waals surface area contributed by atoms with Crippen molar-refractivity contribution in [2.45, 2.75) is 123 Å². The number of benzene rings is 1. The van der Waals surface area contributed by atoms with Crippen molar-refractivity contribution in [1.29, 1.82) is 0 Å². The molecule has 2 aliphatic heterocycles. The van der Waals surface area contributed by atoms with E-state index in [2.05, 4.69) is 21.8 Å². The lowest BCUT2D eigenvalue weighted by Crippen LogP contribution is -2.48. The molecule has 3 fully saturated rings. The fourth-order valence-corrected chi connectivity index (χ4v) is 9.78. The second kappa shape index (κ2) is 15.0. The van der Waals surface area contributed by atoms with E-state index in [0.717, 1.165) is 19.3 Å². The molecule has 294 valence electrons. The van der Waals surface area contributed by atoms with Crippen LogP contribution < -0.4 is 14.2 Å². The lowest BCUT2D eigenvalue weighted by Gasteiger charge is -2.32. The lowest BCUT2D eigenvalue weighted by molar-refractivity contribution is -0.145. The predicted molar refractivity (Wildman–Crippen MR) is 204 cm³/mol. The van der Waals surface area contributed by atoms with E-state index in [1.165, 1.54) is 7.11 Å². The third-order valence-corrected chi connectivity index (χ3v) is 14.2. The fourth-order valence-electron chi connectivity index (χ4n) is 8.44. The van der Waals surface area contributed by atoms with Crippen molar-refractivity contribution >= 4 is 44.2 Å². The number of Topliss-reactive ketones (excluding diaryl/α,β-unsaturated/α-hetero) is 2. The Morgan fingerprint density at radius 2 is 1.70 bits per heavy atom. The molecule has 0 unspecified atom stereocenters. The van der Waals surface area contributed by atoms with Crippen LogP contribution >= 0.6 is 0 Å². The summed E-state index contributed by atoms with van der Waals surface area (Å²) in [5, 5.41) is 9.84. The van der Waals surface area contributed by atoms with Crippen LogP contribution in [0, 0.1) is 34.5 Å². The Bertz CT molecular complexity index is 1940. The van der Waals surface area contributed by atoms with Crippen LogP contribution in [0.3, 0.4) is 0 Å². The van der Waals surface area contributed by atoms with Gasteiger partial charge in [-0.05, 0) is 80.8 Å². The van der Waals surface area contributed by atoms with E-state index in [-0.39, 0.29) is 72.3 Å². The Labute approximate surface area is 319 Å². The van der Waals surface area contributed by atoms with Crippen molar-refractivity contribution in [3.05, 3.63) is 36.4 Å². The van der Waals surface area contributed by atoms with Gasteiger partial charge in [-0.25, -0.2) is 8.42 Å². The van der Waals surface area contributed by atoms with Crippen molar-refractivity contribution in [1.82, 2.24) is 19.8 Å². The van der Waals surface area contributed by atoms with Gasteiger partial charge in [-0.2, -0.15) is 0 Å². The number of hydrogen-bond acceptors (Lipinski definition) is 10. The highest BCUT2D eigenvalue weighted by atomic mass is 32.2. The molecule has 0 bridgehead atoms. The lowest BCUT2D eigenvalue weighted by atomic mass is 9.79. The van der Waals surface area contributed by atoms with E-state index in [9.17, 15) is 27.6 Å². The number of amides is 2. The summed E-state index contributed by atoms with van der Waals surface area (Å²) in [6, 6.07) is 6.43. The van der Waals surface area contributed by atoms with Crippen LogP contribution in [0.1, 0.15) is 106 Å². The van der Waals surface area contributed by atoms with E-state index in [1.54, 1.807) is 11.8 Å². The number of sulfonamides is 1. The summed E-state index contributed by atoms with van der Waals surface area (Å²) in [5.41, 5.74) is -1.51. The molecular weight excluding hydrogens is 709 g/mol. The highest BCUT2D eigenvalue weighted by Crippen LogP contribution is 2.57. The number of ether oxygens (including phenoxy) is 2. The molecule has 1 saturated heterocycles. The molecule has 1 aromatic heterocycles. The van der Waals surface area contributed by atoms with Gasteiger partial charge >= 0.3 is 0 Å². The quantitative estimate of drug-likeness (QED) is 0.301. The number of nitrogens with zero attached hydrogens (tertiary/aromatic N) is 3. The molecule has 6 rings (SSSR count). The summed E-state index contributed by atoms with van der Waals surface area (Å²) in [6.45, 7) is 11.8. The molecule has 7 atom stereocenters. The molecule has 0 radical (unpaired) electrons. The topological polar surface area (TPSA) is 162 Å². The van der Waals surface area contributed by atoms with Gasteiger partial charge < -0.3 is 14.4 Å². The van der Waals surface area contributed by atoms with E-state index in [1.807, 2.05) is 64.1 Å². The summed E-state index contributed by atoms with van der Waals surface area (Å²) >= 11 is 0. The molecule has 54 heavy (non-hydrogen) atoms. The molecule has 2 saturated carbocycles. The van der Waals surface area contributed by atoms with E-state index < -0.39 is 44.2 Å². The zero-order chi connectivity index (χ0) is 39.2. The van der Waals surface area contributed by atoms with Crippen LogP contribution in [-0.4, -0.2) is 77.4 Å². The Morgan fingerprint density at radius 1 is 1.04 bits per heavy atom. The molecule has 2 aromatic rings. The van der Waals surface area contributed by atoms with Crippen LogP contribution in [0.25, 0.3) is 10.8 Å². The zero-order valence-corrected chi connectivity index (χ0v) is 33.5. The highest BCUT2D eigenvalue weighted by Gasteiger charge is 2.62. The summed E-state index contributed by atoms with van der Waals surface area (Å²) in [4.78, 5) is 58.6. The first-order valence-corrected chi connectivity index (χ1v) is 20.9. The van der Waals surface area contributed by atoms with Crippen LogP contribution in [0.15, 0.2) is 36.4 Å². The predicted octanol–water partition coefficient (Wildman–Crippen LogP) is 5.97. The number of methoxy groups -OCH3 is 1. The summed E-state index contributed by atoms with van der Waals surface area (Å²) in [6.07, 6.45) is 7.20. The number of fused-ring (bicyclic) bond motifs is 3. The third kappa shape index (κ3) is 8.35. The smallest absolute Gasteiger partial charge is 0.242 e. The van der Waals surface area contributed by atoms with Crippen LogP contribution in [0.5, 0.6) is 11.8 Å². The van der Waals surface area contributed by atoms with Gasteiger partial charge in [-0.3, -0.25) is 23.9 Å². The monoisotopic (exact) mass is 764 g/mol. The molecule has 13 heteroatoms. The van der Waals surface area contributed by atoms with Crippen LogP contribution in [-0.2, 0) is 29.2 Å². The summed E-state index contributed by atoms with van der Waals surface area (Å²) in [5.74, 6) is -1.59. The maximum Gasteiger partial charge on any atom is 0.242 e. The van der Waals surface area contributed by atoms with Gasteiger partial charge in [0.1, 0.15) is 11.9 Å². The summed E-state index contributed by atoms with van der Waals surface area (Å²) < 4.78 is 39.7. The Kier molecular flexibility index (Phi) is 11.1. The first-order valence-electron chi connectivity index (χ1n) is 19.4. The zero-order valence-electron chi connectivity index (χ0n) is 32.7. The number of rotatable bonds is 9. The number of carbonyl (C=O) groups excluding carboxylic acids is 4. The Hall–Kier alpha value is -3.87. The van der Waals surface area contributed by atoms with Crippen molar-refractivity contribution in [2.24, 2.45) is 34.5 Å². The van der Waals surface area contributed by atoms with E-state index >= 15 is 0 Å². The average molecular weight is 765 g/mol. The van der Waals surface area contributed by atoms with Crippen LogP contribution in [0.2, 0.25) is 0 Å². The first-order chi connectivity index (χ1) is 25.4. The van der Waals surface area contributed by atoms with Gasteiger partial charge in [0.25, 0.3) is 0 Å². The number of carbonyl (C=O) groups is 4. The minimum absolute atomic E-state index is 0.00179. The molecule has 4 aliphatic rings. The van der Waals surface area contributed by atoms with Crippen molar-refractivity contribution in [2.75, 3.05) is 13.7 Å². The van der Waals surface area contributed by atoms with E-state index in [0.29, 0.717) is 42.3 Å².